The Bertz CT molecular complexity index is 259. The van der Waals surface area contributed by atoms with Crippen molar-refractivity contribution in [3.63, 3.8) is 0 Å². The van der Waals surface area contributed by atoms with Crippen LogP contribution in [0, 0.1) is 5.92 Å². The second-order valence-corrected chi connectivity index (χ2v) is 5.05. The highest BCUT2D eigenvalue weighted by atomic mass is 16.4. The molecule has 0 aromatic rings. The van der Waals surface area contributed by atoms with Gasteiger partial charge in [0.2, 0.25) is 0 Å². The predicted octanol–water partition coefficient (Wildman–Crippen LogP) is 4.36. The van der Waals surface area contributed by atoms with E-state index in [1.54, 1.807) is 0 Å². The summed E-state index contributed by atoms with van der Waals surface area (Å²) in [6.07, 6.45) is 15.0. The molecule has 0 spiro atoms. The number of allylic oxidation sites excluding steroid dienone is 2. The minimum absolute atomic E-state index is 0.221. The minimum Gasteiger partial charge on any atom is -0.481 e. The van der Waals surface area contributed by atoms with Gasteiger partial charge in [0.15, 0.2) is 0 Å². The summed E-state index contributed by atoms with van der Waals surface area (Å²) in [7, 11) is 0. The SMILES string of the molecule is CCC(C=O)CC/C=C/CCCCCCCC(=O)O. The maximum Gasteiger partial charge on any atom is 0.303 e. The van der Waals surface area contributed by atoms with Crippen LogP contribution in [0.15, 0.2) is 12.2 Å². The maximum absolute atomic E-state index is 10.6. The fourth-order valence-electron chi connectivity index (χ4n) is 1.98. The van der Waals surface area contributed by atoms with Crippen molar-refractivity contribution in [2.75, 3.05) is 0 Å². The summed E-state index contributed by atoms with van der Waals surface area (Å²) in [5.74, 6) is -0.470. The van der Waals surface area contributed by atoms with Crippen LogP contribution in [0.4, 0.5) is 0 Å². The number of unbranched alkanes of at least 4 members (excludes halogenated alkanes) is 5. The van der Waals surface area contributed by atoms with E-state index in [9.17, 15) is 9.59 Å². The molecule has 0 heterocycles. The first-order chi connectivity index (χ1) is 9.20. The van der Waals surface area contributed by atoms with E-state index in [2.05, 4.69) is 12.2 Å². The summed E-state index contributed by atoms with van der Waals surface area (Å²) in [5, 5.41) is 8.48. The Morgan fingerprint density at radius 1 is 1.05 bits per heavy atom. The van der Waals surface area contributed by atoms with Crippen molar-refractivity contribution in [2.45, 2.75) is 71.1 Å². The van der Waals surface area contributed by atoms with Gasteiger partial charge in [-0.25, -0.2) is 0 Å². The quantitative estimate of drug-likeness (QED) is 0.307. The zero-order valence-corrected chi connectivity index (χ0v) is 12.1. The number of aliphatic carboxylic acids is 1. The van der Waals surface area contributed by atoms with Gasteiger partial charge in [-0.15, -0.1) is 0 Å². The Kier molecular flexibility index (Phi) is 12.5. The lowest BCUT2D eigenvalue weighted by atomic mass is 10.0. The molecule has 110 valence electrons. The van der Waals surface area contributed by atoms with Gasteiger partial charge in [0.25, 0.3) is 0 Å². The van der Waals surface area contributed by atoms with Gasteiger partial charge in [0.1, 0.15) is 6.29 Å². The van der Waals surface area contributed by atoms with E-state index in [-0.39, 0.29) is 5.92 Å². The van der Waals surface area contributed by atoms with E-state index in [1.165, 1.54) is 12.8 Å². The van der Waals surface area contributed by atoms with E-state index in [0.29, 0.717) is 6.42 Å². The number of aldehydes is 1. The summed E-state index contributed by atoms with van der Waals surface area (Å²) >= 11 is 0. The highest BCUT2D eigenvalue weighted by Gasteiger charge is 2.01. The van der Waals surface area contributed by atoms with Gasteiger partial charge in [0, 0.05) is 12.3 Å². The standard InChI is InChI=1S/C16H28O3/c1-2-15(14-17)12-10-8-6-4-3-5-7-9-11-13-16(18)19/h6,8,14-15H,2-5,7,9-13H2,1H3,(H,18,19)/b8-6+. The van der Waals surface area contributed by atoms with Gasteiger partial charge in [-0.1, -0.05) is 38.3 Å². The second-order valence-electron chi connectivity index (χ2n) is 5.05. The molecule has 0 amide bonds. The van der Waals surface area contributed by atoms with Crippen LogP contribution in [0.1, 0.15) is 71.1 Å². The summed E-state index contributed by atoms with van der Waals surface area (Å²) in [5.41, 5.74) is 0. The van der Waals surface area contributed by atoms with Crippen LogP contribution >= 0.6 is 0 Å². The van der Waals surface area contributed by atoms with Crippen molar-refractivity contribution in [1.82, 2.24) is 0 Å². The summed E-state index contributed by atoms with van der Waals surface area (Å²) in [6, 6.07) is 0. The molecule has 1 N–H and O–H groups in total. The largest absolute Gasteiger partial charge is 0.481 e. The zero-order chi connectivity index (χ0) is 14.3. The Morgan fingerprint density at radius 3 is 2.32 bits per heavy atom. The number of hydrogen-bond acceptors (Lipinski definition) is 2. The van der Waals surface area contributed by atoms with Crippen LogP contribution < -0.4 is 0 Å². The number of carbonyl (C=O) groups is 2. The fourth-order valence-corrected chi connectivity index (χ4v) is 1.98. The molecule has 0 aliphatic carbocycles. The van der Waals surface area contributed by atoms with Crippen molar-refractivity contribution in [1.29, 1.82) is 0 Å². The van der Waals surface area contributed by atoms with E-state index in [1.807, 2.05) is 6.92 Å². The molecule has 3 nitrogen and oxygen atoms in total. The van der Waals surface area contributed by atoms with Gasteiger partial charge in [-0.3, -0.25) is 4.79 Å². The lowest BCUT2D eigenvalue weighted by Crippen LogP contribution is -1.98. The Morgan fingerprint density at radius 2 is 1.68 bits per heavy atom. The molecular weight excluding hydrogens is 240 g/mol. The van der Waals surface area contributed by atoms with Crippen LogP contribution in [0.25, 0.3) is 0 Å². The lowest BCUT2D eigenvalue weighted by molar-refractivity contribution is -0.137. The van der Waals surface area contributed by atoms with E-state index < -0.39 is 5.97 Å². The monoisotopic (exact) mass is 268 g/mol. The molecule has 0 aliphatic rings. The van der Waals surface area contributed by atoms with Gasteiger partial charge >= 0.3 is 5.97 Å². The lowest BCUT2D eigenvalue weighted by Gasteiger charge is -2.03. The smallest absolute Gasteiger partial charge is 0.303 e. The number of carboxylic acids is 1. The first-order valence-electron chi connectivity index (χ1n) is 7.52. The van der Waals surface area contributed by atoms with E-state index in [4.69, 9.17) is 5.11 Å². The van der Waals surface area contributed by atoms with Gasteiger partial charge < -0.3 is 9.90 Å². The third-order valence-electron chi connectivity index (χ3n) is 3.35. The zero-order valence-electron chi connectivity index (χ0n) is 12.1. The van der Waals surface area contributed by atoms with Crippen molar-refractivity contribution < 1.29 is 14.7 Å². The van der Waals surface area contributed by atoms with Crippen LogP contribution in [-0.4, -0.2) is 17.4 Å². The molecule has 3 heteroatoms. The summed E-state index contributed by atoms with van der Waals surface area (Å²) < 4.78 is 0. The third-order valence-corrected chi connectivity index (χ3v) is 3.35. The Balaban J connectivity index is 3.25. The molecule has 0 rings (SSSR count). The molecule has 0 aromatic heterocycles. The molecule has 1 unspecified atom stereocenters. The highest BCUT2D eigenvalue weighted by Crippen LogP contribution is 2.10. The molecule has 0 bridgehead atoms. The van der Waals surface area contributed by atoms with Crippen molar-refractivity contribution in [2.24, 2.45) is 5.92 Å². The van der Waals surface area contributed by atoms with Crippen molar-refractivity contribution in [3.8, 4) is 0 Å². The molecule has 19 heavy (non-hydrogen) atoms. The van der Waals surface area contributed by atoms with Crippen LogP contribution in [0.2, 0.25) is 0 Å². The molecule has 0 aliphatic heterocycles. The first kappa shape index (κ1) is 17.9. The van der Waals surface area contributed by atoms with Gasteiger partial charge in [-0.2, -0.15) is 0 Å². The third kappa shape index (κ3) is 13.1. The average molecular weight is 268 g/mol. The second kappa shape index (κ2) is 13.3. The number of rotatable bonds is 13. The summed E-state index contributed by atoms with van der Waals surface area (Å²) in [4.78, 5) is 20.9. The topological polar surface area (TPSA) is 54.4 Å². The predicted molar refractivity (Wildman–Crippen MR) is 78.2 cm³/mol. The molecular formula is C16H28O3. The van der Waals surface area contributed by atoms with Gasteiger partial charge in [-0.05, 0) is 38.5 Å². The highest BCUT2D eigenvalue weighted by molar-refractivity contribution is 5.66. The van der Waals surface area contributed by atoms with Crippen molar-refractivity contribution in [3.05, 3.63) is 12.2 Å². The van der Waals surface area contributed by atoms with Crippen molar-refractivity contribution >= 4 is 12.3 Å². The molecule has 0 radical (unpaired) electrons. The average Bonchev–Trinajstić information content (AvgIpc) is 2.40. The van der Waals surface area contributed by atoms with E-state index in [0.717, 1.165) is 51.2 Å². The molecule has 0 fully saturated rings. The molecule has 0 saturated heterocycles. The first-order valence-corrected chi connectivity index (χ1v) is 7.52. The van der Waals surface area contributed by atoms with E-state index >= 15 is 0 Å². The number of hydrogen-bond donors (Lipinski definition) is 1. The molecule has 0 aromatic carbocycles. The van der Waals surface area contributed by atoms with Gasteiger partial charge in [0.05, 0.1) is 0 Å². The van der Waals surface area contributed by atoms with Crippen LogP contribution in [-0.2, 0) is 9.59 Å². The molecule has 1 atom stereocenters. The normalized spacial score (nSPS) is 12.7. The number of carbonyl (C=O) groups excluding carboxylic acids is 1. The maximum atomic E-state index is 10.6. The summed E-state index contributed by atoms with van der Waals surface area (Å²) in [6.45, 7) is 2.05. The van der Waals surface area contributed by atoms with Crippen LogP contribution in [0.3, 0.4) is 0 Å². The van der Waals surface area contributed by atoms with Crippen LogP contribution in [0.5, 0.6) is 0 Å². The number of carboxylic acid groups (broad SMARTS) is 1. The fraction of sp³-hybridized carbons (Fsp3) is 0.750. The molecule has 0 saturated carbocycles. The Hall–Kier alpha value is -1.12. The minimum atomic E-state index is -0.691. The Labute approximate surface area is 117 Å².